The molecule has 170 valence electrons. The maximum Gasteiger partial charge on any atom is 0.201 e. The number of ketones is 1. The number of fused-ring (bicyclic) bond motifs is 1. The van der Waals surface area contributed by atoms with Crippen LogP contribution in [0, 0.1) is 17.5 Å². The Morgan fingerprint density at radius 2 is 2.00 bits per heavy atom. The second kappa shape index (κ2) is 9.46. The molecular formula is C23H17ClF3N3O2S. The average molecular weight is 492 g/mol. The van der Waals surface area contributed by atoms with Gasteiger partial charge in [0.25, 0.3) is 0 Å². The molecule has 0 aliphatic heterocycles. The number of rotatable bonds is 7. The molecule has 0 fully saturated rings. The van der Waals surface area contributed by atoms with Crippen LogP contribution in [0.2, 0.25) is 5.02 Å². The van der Waals surface area contributed by atoms with Crippen LogP contribution in [0.3, 0.4) is 0 Å². The molecule has 0 saturated carbocycles. The number of aromatic amines is 1. The van der Waals surface area contributed by atoms with Crippen LogP contribution >= 0.6 is 11.6 Å². The predicted octanol–water partition coefficient (Wildman–Crippen LogP) is 6.02. The molecular weight excluding hydrogens is 475 g/mol. The fourth-order valence-corrected chi connectivity index (χ4v) is 4.55. The van der Waals surface area contributed by atoms with E-state index in [0.717, 1.165) is 18.2 Å². The van der Waals surface area contributed by atoms with Crippen molar-refractivity contribution in [1.29, 1.82) is 0 Å². The van der Waals surface area contributed by atoms with Crippen molar-refractivity contribution in [2.24, 2.45) is 0 Å². The molecule has 1 unspecified atom stereocenters. The van der Waals surface area contributed by atoms with Crippen LogP contribution in [0.5, 0.6) is 0 Å². The Labute approximate surface area is 195 Å². The van der Waals surface area contributed by atoms with E-state index in [1.165, 1.54) is 24.5 Å². The molecule has 0 spiro atoms. The predicted molar refractivity (Wildman–Crippen MR) is 123 cm³/mol. The molecule has 2 heterocycles. The SMILES string of the molecule is CCC[S+]([O-])Nc1ccc(F)c(C(=O)c2c[nH]c3ncc(-c4ccc(F)cc4Cl)cc23)c1F. The van der Waals surface area contributed by atoms with Gasteiger partial charge in [-0.1, -0.05) is 18.5 Å². The molecule has 0 aliphatic carbocycles. The summed E-state index contributed by atoms with van der Waals surface area (Å²) in [6.45, 7) is 1.81. The average Bonchev–Trinajstić information content (AvgIpc) is 3.19. The lowest BCUT2D eigenvalue weighted by Gasteiger charge is -2.13. The van der Waals surface area contributed by atoms with Gasteiger partial charge in [0.1, 0.15) is 28.7 Å². The lowest BCUT2D eigenvalue weighted by molar-refractivity contribution is 0.103. The van der Waals surface area contributed by atoms with E-state index >= 15 is 4.39 Å². The van der Waals surface area contributed by atoms with E-state index in [-0.39, 0.29) is 22.0 Å². The Morgan fingerprint density at radius 1 is 1.21 bits per heavy atom. The molecule has 10 heteroatoms. The van der Waals surface area contributed by atoms with E-state index in [4.69, 9.17) is 11.6 Å². The van der Waals surface area contributed by atoms with Gasteiger partial charge < -0.3 is 9.54 Å². The minimum Gasteiger partial charge on any atom is -0.593 e. The number of hydrogen-bond donors (Lipinski definition) is 2. The Morgan fingerprint density at radius 3 is 2.73 bits per heavy atom. The van der Waals surface area contributed by atoms with Crippen molar-refractivity contribution in [3.63, 3.8) is 0 Å². The first-order valence-electron chi connectivity index (χ1n) is 9.90. The second-order valence-corrected chi connectivity index (χ2v) is 8.92. The molecule has 0 radical (unpaired) electrons. The standard InChI is InChI=1S/C23H17ClF3N3O2S/c1-2-7-33(32)30-19-6-5-18(26)20(21(19)27)22(31)16-11-29-23-15(16)8-12(10-28-23)14-4-3-13(25)9-17(14)24/h3-6,8-11,30H,2,7H2,1H3,(H,28,29). The highest BCUT2D eigenvalue weighted by Gasteiger charge is 2.26. The first-order valence-corrected chi connectivity index (χ1v) is 11.6. The summed E-state index contributed by atoms with van der Waals surface area (Å²) >= 11 is 4.56. The number of nitrogens with one attached hydrogen (secondary N) is 2. The molecule has 5 nitrogen and oxygen atoms in total. The quantitative estimate of drug-likeness (QED) is 0.245. The normalized spacial score (nSPS) is 12.2. The topological polar surface area (TPSA) is 80.8 Å². The summed E-state index contributed by atoms with van der Waals surface area (Å²) in [5.41, 5.74) is 0.270. The van der Waals surface area contributed by atoms with E-state index in [9.17, 15) is 18.1 Å². The summed E-state index contributed by atoms with van der Waals surface area (Å²) in [6.07, 6.45) is 3.39. The van der Waals surface area contributed by atoms with Crippen molar-refractivity contribution in [2.75, 3.05) is 10.5 Å². The zero-order valence-electron chi connectivity index (χ0n) is 17.2. The zero-order valence-corrected chi connectivity index (χ0v) is 18.8. The van der Waals surface area contributed by atoms with Gasteiger partial charge >= 0.3 is 0 Å². The second-order valence-electron chi connectivity index (χ2n) is 7.21. The van der Waals surface area contributed by atoms with Crippen molar-refractivity contribution in [2.45, 2.75) is 13.3 Å². The summed E-state index contributed by atoms with van der Waals surface area (Å²) < 4.78 is 57.5. The van der Waals surface area contributed by atoms with Gasteiger partial charge in [-0.3, -0.25) is 4.79 Å². The highest BCUT2D eigenvalue weighted by molar-refractivity contribution is 7.92. The number of carbonyl (C=O) groups excluding carboxylic acids is 1. The lowest BCUT2D eigenvalue weighted by Crippen LogP contribution is -2.18. The molecule has 0 aliphatic rings. The molecule has 0 bridgehead atoms. The maximum absolute atomic E-state index is 15.1. The van der Waals surface area contributed by atoms with Crippen molar-refractivity contribution < 1.29 is 22.5 Å². The highest BCUT2D eigenvalue weighted by atomic mass is 35.5. The monoisotopic (exact) mass is 491 g/mol. The summed E-state index contributed by atoms with van der Waals surface area (Å²) in [5, 5.41) is 0.458. The fourth-order valence-electron chi connectivity index (χ4n) is 3.40. The number of aromatic nitrogens is 2. The molecule has 4 aromatic rings. The Hall–Kier alpha value is -3.01. The third kappa shape index (κ3) is 4.57. The summed E-state index contributed by atoms with van der Waals surface area (Å²) in [5.74, 6) is -3.34. The van der Waals surface area contributed by atoms with E-state index in [0.29, 0.717) is 28.6 Å². The van der Waals surface area contributed by atoms with Gasteiger partial charge in [0.2, 0.25) is 5.78 Å². The van der Waals surface area contributed by atoms with Crippen LogP contribution in [-0.4, -0.2) is 26.1 Å². The van der Waals surface area contributed by atoms with E-state index < -0.39 is 40.2 Å². The van der Waals surface area contributed by atoms with E-state index in [1.54, 1.807) is 6.07 Å². The van der Waals surface area contributed by atoms with Gasteiger partial charge in [-0.25, -0.2) is 22.9 Å². The molecule has 2 aromatic carbocycles. The van der Waals surface area contributed by atoms with Crippen LogP contribution in [0.25, 0.3) is 22.2 Å². The number of anilines is 1. The Kier molecular flexibility index (Phi) is 6.64. The number of carbonyl (C=O) groups is 1. The lowest BCUT2D eigenvalue weighted by atomic mass is 10.00. The largest absolute Gasteiger partial charge is 0.593 e. The molecule has 0 amide bonds. The smallest absolute Gasteiger partial charge is 0.201 e. The third-order valence-corrected chi connectivity index (χ3v) is 6.49. The number of nitrogens with zero attached hydrogens (tertiary/aromatic N) is 1. The summed E-state index contributed by atoms with van der Waals surface area (Å²) in [6, 6.07) is 7.48. The van der Waals surface area contributed by atoms with Gasteiger partial charge in [0, 0.05) is 34.5 Å². The molecule has 4 rings (SSSR count). The first-order chi connectivity index (χ1) is 15.8. The summed E-state index contributed by atoms with van der Waals surface area (Å²) in [7, 11) is 0. The summed E-state index contributed by atoms with van der Waals surface area (Å²) in [4.78, 5) is 20.2. The van der Waals surface area contributed by atoms with Crippen LogP contribution in [0.1, 0.15) is 29.3 Å². The molecule has 2 N–H and O–H groups in total. The van der Waals surface area contributed by atoms with Crippen LogP contribution < -0.4 is 4.72 Å². The minimum absolute atomic E-state index is 0.0118. The van der Waals surface area contributed by atoms with Gasteiger partial charge in [-0.05, 0) is 42.8 Å². The van der Waals surface area contributed by atoms with Crippen molar-refractivity contribution in [1.82, 2.24) is 9.97 Å². The van der Waals surface area contributed by atoms with Gasteiger partial charge in [0.15, 0.2) is 5.82 Å². The molecule has 1 atom stereocenters. The minimum atomic E-state index is -1.58. The number of pyridine rings is 1. The molecule has 2 aromatic heterocycles. The van der Waals surface area contributed by atoms with Gasteiger partial charge in [-0.15, -0.1) is 0 Å². The first kappa shape index (κ1) is 23.2. The van der Waals surface area contributed by atoms with Crippen LogP contribution in [0.15, 0.2) is 48.8 Å². The fraction of sp³-hybridized carbons (Fsp3) is 0.130. The van der Waals surface area contributed by atoms with Crippen LogP contribution in [-0.2, 0) is 11.4 Å². The highest BCUT2D eigenvalue weighted by Crippen LogP contribution is 2.32. The number of H-pyrrole nitrogens is 1. The Balaban J connectivity index is 1.77. The van der Waals surface area contributed by atoms with Crippen molar-refractivity contribution in [3.8, 4) is 11.1 Å². The van der Waals surface area contributed by atoms with Gasteiger partial charge in [0.05, 0.1) is 21.9 Å². The van der Waals surface area contributed by atoms with E-state index in [1.807, 2.05) is 6.92 Å². The number of benzene rings is 2. The number of halogens is 4. The molecule has 33 heavy (non-hydrogen) atoms. The van der Waals surface area contributed by atoms with Gasteiger partial charge in [-0.2, -0.15) is 0 Å². The van der Waals surface area contributed by atoms with E-state index in [2.05, 4.69) is 14.7 Å². The maximum atomic E-state index is 15.1. The third-order valence-electron chi connectivity index (χ3n) is 4.95. The number of hydrogen-bond acceptors (Lipinski definition) is 4. The van der Waals surface area contributed by atoms with Crippen molar-refractivity contribution >= 4 is 45.5 Å². The van der Waals surface area contributed by atoms with Crippen molar-refractivity contribution in [3.05, 3.63) is 82.4 Å². The zero-order chi connectivity index (χ0) is 23.7. The molecule has 0 saturated heterocycles. The Bertz CT molecular complexity index is 1360. The van der Waals surface area contributed by atoms with Crippen LogP contribution in [0.4, 0.5) is 18.9 Å².